The van der Waals surface area contributed by atoms with Crippen molar-refractivity contribution >= 4 is 22.4 Å². The number of hydrogen-bond donors (Lipinski definition) is 2. The van der Waals surface area contributed by atoms with Crippen LogP contribution in [-0.4, -0.2) is 23.7 Å². The number of rotatable bonds is 7. The Morgan fingerprint density at radius 2 is 1.97 bits per heavy atom. The highest BCUT2D eigenvalue weighted by Gasteiger charge is 2.42. The van der Waals surface area contributed by atoms with Gasteiger partial charge in [0.05, 0.1) is 17.7 Å². The van der Waals surface area contributed by atoms with Gasteiger partial charge in [0.25, 0.3) is 5.56 Å². The molecule has 1 saturated carbocycles. The first kappa shape index (κ1) is 22.7. The van der Waals surface area contributed by atoms with Crippen LogP contribution in [0.15, 0.2) is 53.5 Å². The largest absolute Gasteiger partial charge is 0.494 e. The van der Waals surface area contributed by atoms with Crippen LogP contribution in [0.4, 0.5) is 0 Å². The van der Waals surface area contributed by atoms with Gasteiger partial charge in [-0.1, -0.05) is 30.7 Å². The fourth-order valence-corrected chi connectivity index (χ4v) is 5.22. The van der Waals surface area contributed by atoms with Crippen LogP contribution in [0.3, 0.4) is 0 Å². The molecule has 0 spiro atoms. The minimum Gasteiger partial charge on any atom is -0.494 e. The van der Waals surface area contributed by atoms with Crippen molar-refractivity contribution < 1.29 is 9.47 Å². The highest BCUT2D eigenvalue weighted by atomic mass is 35.5. The molecular formula is C26H31ClN2O3. The third kappa shape index (κ3) is 4.37. The second-order valence-corrected chi connectivity index (χ2v) is 9.03. The highest BCUT2D eigenvalue weighted by Crippen LogP contribution is 2.44. The lowest BCUT2D eigenvalue weighted by molar-refractivity contribution is 0.104. The number of hydrogen-bond acceptors (Lipinski definition) is 4. The van der Waals surface area contributed by atoms with Gasteiger partial charge < -0.3 is 20.2 Å². The average Bonchev–Trinajstić information content (AvgIpc) is 2.81. The average molecular weight is 455 g/mol. The Morgan fingerprint density at radius 3 is 2.69 bits per heavy atom. The zero-order valence-corrected chi connectivity index (χ0v) is 19.5. The molecule has 1 atom stereocenters. The number of nitrogens with one attached hydrogen (secondary N) is 1. The molecule has 0 radical (unpaired) electrons. The second kappa shape index (κ2) is 9.55. The Morgan fingerprint density at radius 1 is 1.19 bits per heavy atom. The summed E-state index contributed by atoms with van der Waals surface area (Å²) in [6.07, 6.45) is 6.25. The van der Waals surface area contributed by atoms with Crippen LogP contribution in [0.2, 0.25) is 5.02 Å². The molecule has 1 aromatic heterocycles. The molecule has 0 saturated heterocycles. The molecular weight excluding hydrogens is 424 g/mol. The second-order valence-electron chi connectivity index (χ2n) is 8.63. The van der Waals surface area contributed by atoms with E-state index in [9.17, 15) is 4.79 Å². The van der Waals surface area contributed by atoms with Gasteiger partial charge in [-0.3, -0.25) is 4.79 Å². The summed E-state index contributed by atoms with van der Waals surface area (Å²) < 4.78 is 12.1. The van der Waals surface area contributed by atoms with E-state index in [2.05, 4.69) is 30.1 Å². The predicted molar refractivity (Wildman–Crippen MR) is 130 cm³/mol. The van der Waals surface area contributed by atoms with Crippen molar-refractivity contribution in [1.29, 1.82) is 0 Å². The van der Waals surface area contributed by atoms with Gasteiger partial charge in [-0.15, -0.1) is 0 Å². The molecule has 3 aromatic rings. The van der Waals surface area contributed by atoms with Crippen molar-refractivity contribution in [1.82, 2.24) is 4.98 Å². The van der Waals surface area contributed by atoms with Crippen molar-refractivity contribution in [2.24, 2.45) is 5.73 Å². The zero-order chi connectivity index (χ0) is 22.7. The molecule has 0 aliphatic heterocycles. The Hall–Kier alpha value is -2.50. The molecule has 0 amide bonds. The summed E-state index contributed by atoms with van der Waals surface area (Å²) in [7, 11) is 0. The van der Waals surface area contributed by atoms with Crippen LogP contribution < -0.4 is 20.8 Å². The molecule has 3 N–H and O–H groups in total. The number of pyridine rings is 1. The maximum atomic E-state index is 12.0. The molecule has 5 nitrogen and oxygen atoms in total. The van der Waals surface area contributed by atoms with Gasteiger partial charge in [0.1, 0.15) is 11.5 Å². The first-order valence-electron chi connectivity index (χ1n) is 11.4. The Balaban J connectivity index is 1.55. The summed E-state index contributed by atoms with van der Waals surface area (Å²) in [6.45, 7) is 4.79. The number of fused-ring (bicyclic) bond motifs is 1. The molecule has 0 bridgehead atoms. The Kier molecular flexibility index (Phi) is 6.77. The third-order valence-corrected chi connectivity index (χ3v) is 7.11. The molecule has 6 heteroatoms. The molecule has 1 heterocycles. The minimum atomic E-state index is -0.152. The van der Waals surface area contributed by atoms with Crippen molar-refractivity contribution in [3.63, 3.8) is 0 Å². The third-order valence-electron chi connectivity index (χ3n) is 6.81. The summed E-state index contributed by atoms with van der Waals surface area (Å²) >= 11 is 6.45. The quantitative estimate of drug-likeness (QED) is 0.488. The van der Waals surface area contributed by atoms with E-state index in [0.29, 0.717) is 22.8 Å². The van der Waals surface area contributed by atoms with Gasteiger partial charge in [0.2, 0.25) is 0 Å². The lowest BCUT2D eigenvalue weighted by atomic mass is 9.64. The summed E-state index contributed by atoms with van der Waals surface area (Å²) in [5.74, 6) is 1.52. The number of nitrogens with two attached hydrogens (primary N) is 1. The number of halogens is 1. The summed E-state index contributed by atoms with van der Waals surface area (Å²) in [4.78, 5) is 14.7. The van der Waals surface area contributed by atoms with Crippen LogP contribution in [0, 0.1) is 0 Å². The van der Waals surface area contributed by atoms with E-state index in [1.807, 2.05) is 25.1 Å². The van der Waals surface area contributed by atoms with E-state index in [0.717, 1.165) is 43.2 Å². The van der Waals surface area contributed by atoms with E-state index in [4.69, 9.17) is 26.8 Å². The first-order valence-corrected chi connectivity index (χ1v) is 11.8. The fraction of sp³-hybridized carbons (Fsp3) is 0.423. The van der Waals surface area contributed by atoms with E-state index < -0.39 is 0 Å². The van der Waals surface area contributed by atoms with Gasteiger partial charge >= 0.3 is 0 Å². The van der Waals surface area contributed by atoms with Crippen molar-refractivity contribution in [2.75, 3.05) is 6.61 Å². The monoisotopic (exact) mass is 454 g/mol. The predicted octanol–water partition coefficient (Wildman–Crippen LogP) is 5.58. The first-order chi connectivity index (χ1) is 15.5. The summed E-state index contributed by atoms with van der Waals surface area (Å²) in [5.41, 5.74) is 7.70. The van der Waals surface area contributed by atoms with Crippen molar-refractivity contribution in [3.8, 4) is 11.5 Å². The lowest BCUT2D eigenvalue weighted by Gasteiger charge is -2.44. The standard InChI is InChI=1S/C26H31ClN2O3/c1-3-24(28)26(18-6-5-7-20(15-18)31-4-2)11-8-19(9-12-26)32-23-14-17-10-13-29-25(30)21(17)16-22(23)27/h5-7,10,13-16,19,24H,3-4,8-9,11-12,28H2,1-2H3,(H,29,30). The smallest absolute Gasteiger partial charge is 0.255 e. The summed E-state index contributed by atoms with van der Waals surface area (Å²) in [6, 6.07) is 13.9. The van der Waals surface area contributed by atoms with E-state index in [-0.39, 0.29) is 23.1 Å². The van der Waals surface area contributed by atoms with Crippen LogP contribution in [0.1, 0.15) is 51.5 Å². The van der Waals surface area contributed by atoms with E-state index in [1.54, 1.807) is 12.3 Å². The minimum absolute atomic E-state index is 0.0548. The van der Waals surface area contributed by atoms with Crippen molar-refractivity contribution in [2.45, 2.75) is 63.5 Å². The van der Waals surface area contributed by atoms with Crippen LogP contribution in [-0.2, 0) is 5.41 Å². The molecule has 1 unspecified atom stereocenters. The number of H-pyrrole nitrogens is 1. The zero-order valence-electron chi connectivity index (χ0n) is 18.7. The van der Waals surface area contributed by atoms with E-state index >= 15 is 0 Å². The van der Waals surface area contributed by atoms with Gasteiger partial charge in [0, 0.05) is 23.0 Å². The molecule has 2 aromatic carbocycles. The maximum absolute atomic E-state index is 12.0. The van der Waals surface area contributed by atoms with Gasteiger partial charge in [-0.05, 0) is 80.3 Å². The Bertz CT molecular complexity index is 1140. The maximum Gasteiger partial charge on any atom is 0.255 e. The number of aromatic amines is 1. The van der Waals surface area contributed by atoms with E-state index in [1.165, 1.54) is 5.56 Å². The molecule has 32 heavy (non-hydrogen) atoms. The SMILES string of the molecule is CCOc1cccc(C2(C(N)CC)CCC(Oc3cc4cc[nH]c(=O)c4cc3Cl)CC2)c1. The number of benzene rings is 2. The van der Waals surface area contributed by atoms with Gasteiger partial charge in [-0.2, -0.15) is 0 Å². The Labute approximate surface area is 193 Å². The summed E-state index contributed by atoms with van der Waals surface area (Å²) in [5, 5.41) is 1.84. The topological polar surface area (TPSA) is 77.3 Å². The molecule has 170 valence electrons. The van der Waals surface area contributed by atoms with Gasteiger partial charge in [-0.25, -0.2) is 0 Å². The lowest BCUT2D eigenvalue weighted by Crippen LogP contribution is -2.48. The molecule has 1 aliphatic rings. The highest BCUT2D eigenvalue weighted by molar-refractivity contribution is 6.32. The number of aromatic nitrogens is 1. The van der Waals surface area contributed by atoms with Crippen LogP contribution >= 0.6 is 11.6 Å². The van der Waals surface area contributed by atoms with Crippen molar-refractivity contribution in [3.05, 3.63) is 69.6 Å². The fourth-order valence-electron chi connectivity index (χ4n) is 5.01. The molecule has 4 rings (SSSR count). The number of ether oxygens (including phenoxy) is 2. The normalized spacial score (nSPS) is 21.9. The van der Waals surface area contributed by atoms with Crippen LogP contribution in [0.5, 0.6) is 11.5 Å². The van der Waals surface area contributed by atoms with Crippen LogP contribution in [0.25, 0.3) is 10.8 Å². The molecule has 1 aliphatic carbocycles. The van der Waals surface area contributed by atoms with Gasteiger partial charge in [0.15, 0.2) is 0 Å². The molecule has 1 fully saturated rings.